The van der Waals surface area contributed by atoms with Gasteiger partial charge in [0.05, 0.1) is 6.61 Å². The van der Waals surface area contributed by atoms with E-state index in [9.17, 15) is 0 Å². The average Bonchev–Trinajstić information content (AvgIpc) is 2.67. The summed E-state index contributed by atoms with van der Waals surface area (Å²) in [5, 5.41) is 0. The zero-order valence-electron chi connectivity index (χ0n) is 18.5. The van der Waals surface area contributed by atoms with Crippen LogP contribution in [0.25, 0.3) is 9.81 Å². The third kappa shape index (κ3) is 7.79. The predicted octanol–water partition coefficient (Wildman–Crippen LogP) is 8.08. The third-order valence-electron chi connectivity index (χ3n) is 5.05. The lowest BCUT2D eigenvalue weighted by molar-refractivity contribution is 0.289. The Hall–Kier alpha value is -1.32. The molecular formula is C26H36OS2. The molecule has 0 aliphatic heterocycles. The van der Waals surface area contributed by atoms with Crippen molar-refractivity contribution in [3.05, 3.63) is 64.7 Å². The molecule has 0 bridgehead atoms. The molecular weight excluding hydrogens is 392 g/mol. The standard InChI is InChI=1S/C26H36OS2/c1-18(2)7-6-8-21-11-14-24(27-16-15-19(3)4)23(17-21)26(29)25(28)22-12-9-20(5)10-13-22/h9-14,17-19,28-29H,6-8,15-16H2,1-5H3/b26-25-. The van der Waals surface area contributed by atoms with Crippen molar-refractivity contribution < 1.29 is 4.74 Å². The Morgan fingerprint density at radius 1 is 0.862 bits per heavy atom. The van der Waals surface area contributed by atoms with Crippen molar-refractivity contribution in [2.24, 2.45) is 11.8 Å². The van der Waals surface area contributed by atoms with E-state index >= 15 is 0 Å². The van der Waals surface area contributed by atoms with Gasteiger partial charge in [-0.3, -0.25) is 0 Å². The first kappa shape index (κ1) is 24.0. The van der Waals surface area contributed by atoms with Crippen LogP contribution in [0.3, 0.4) is 0 Å². The third-order valence-corrected chi connectivity index (χ3v) is 6.17. The Kier molecular flexibility index (Phi) is 9.71. The summed E-state index contributed by atoms with van der Waals surface area (Å²) in [4.78, 5) is 1.74. The van der Waals surface area contributed by atoms with Crippen molar-refractivity contribution in [2.75, 3.05) is 6.61 Å². The second-order valence-corrected chi connectivity index (χ2v) is 9.61. The summed E-state index contributed by atoms with van der Waals surface area (Å²) < 4.78 is 6.15. The zero-order valence-corrected chi connectivity index (χ0v) is 20.3. The highest BCUT2D eigenvalue weighted by molar-refractivity contribution is 7.96. The van der Waals surface area contributed by atoms with Gasteiger partial charge in [0.2, 0.25) is 0 Å². The van der Waals surface area contributed by atoms with Crippen LogP contribution < -0.4 is 4.74 Å². The van der Waals surface area contributed by atoms with Crippen LogP contribution in [0.15, 0.2) is 42.5 Å². The van der Waals surface area contributed by atoms with Crippen LogP contribution in [0.1, 0.15) is 69.2 Å². The van der Waals surface area contributed by atoms with Gasteiger partial charge >= 0.3 is 0 Å². The van der Waals surface area contributed by atoms with E-state index in [-0.39, 0.29) is 0 Å². The molecule has 0 N–H and O–H groups in total. The average molecular weight is 429 g/mol. The number of benzene rings is 2. The van der Waals surface area contributed by atoms with Crippen LogP contribution in [0.5, 0.6) is 5.75 Å². The molecule has 0 unspecified atom stereocenters. The van der Waals surface area contributed by atoms with Gasteiger partial charge in [-0.2, -0.15) is 0 Å². The molecule has 0 aliphatic rings. The molecule has 0 fully saturated rings. The highest BCUT2D eigenvalue weighted by atomic mass is 32.1. The minimum Gasteiger partial charge on any atom is -0.493 e. The number of thiol groups is 2. The van der Waals surface area contributed by atoms with E-state index in [4.69, 9.17) is 30.0 Å². The molecule has 2 aromatic carbocycles. The van der Waals surface area contributed by atoms with Crippen molar-refractivity contribution >= 4 is 35.1 Å². The van der Waals surface area contributed by atoms with E-state index in [1.807, 2.05) is 0 Å². The molecule has 0 spiro atoms. The Morgan fingerprint density at radius 3 is 2.14 bits per heavy atom. The molecule has 0 aliphatic carbocycles. The fourth-order valence-corrected chi connectivity index (χ4v) is 3.71. The monoisotopic (exact) mass is 428 g/mol. The molecule has 1 nitrogen and oxygen atoms in total. The number of hydrogen-bond acceptors (Lipinski definition) is 3. The molecule has 0 aromatic heterocycles. The van der Waals surface area contributed by atoms with E-state index in [0.717, 1.165) is 45.4 Å². The number of ether oxygens (including phenoxy) is 1. The number of rotatable bonds is 10. The number of aryl methyl sites for hydroxylation is 2. The van der Waals surface area contributed by atoms with Crippen molar-refractivity contribution in [1.29, 1.82) is 0 Å². The van der Waals surface area contributed by atoms with E-state index in [2.05, 4.69) is 77.1 Å². The summed E-state index contributed by atoms with van der Waals surface area (Å²) in [6, 6.07) is 14.9. The smallest absolute Gasteiger partial charge is 0.127 e. The minimum absolute atomic E-state index is 0.618. The van der Waals surface area contributed by atoms with Crippen molar-refractivity contribution in [1.82, 2.24) is 0 Å². The molecule has 0 amide bonds. The summed E-state index contributed by atoms with van der Waals surface area (Å²) in [6.45, 7) is 11.8. The van der Waals surface area contributed by atoms with Gasteiger partial charge in [-0.05, 0) is 61.3 Å². The maximum absolute atomic E-state index is 6.15. The minimum atomic E-state index is 0.618. The van der Waals surface area contributed by atoms with E-state index in [1.54, 1.807) is 0 Å². The van der Waals surface area contributed by atoms with Crippen LogP contribution in [-0.2, 0) is 6.42 Å². The van der Waals surface area contributed by atoms with Gasteiger partial charge < -0.3 is 4.74 Å². The topological polar surface area (TPSA) is 9.23 Å². The summed E-state index contributed by atoms with van der Waals surface area (Å²) in [7, 11) is 0. The lowest BCUT2D eigenvalue weighted by Crippen LogP contribution is -2.03. The summed E-state index contributed by atoms with van der Waals surface area (Å²) in [6.07, 6.45) is 4.55. The maximum atomic E-state index is 6.15. The molecule has 2 rings (SSSR count). The fourth-order valence-electron chi connectivity index (χ4n) is 3.14. The van der Waals surface area contributed by atoms with E-state index in [1.165, 1.54) is 24.0 Å². The molecule has 0 radical (unpaired) electrons. The molecule has 0 heterocycles. The van der Waals surface area contributed by atoms with Crippen molar-refractivity contribution in [3.8, 4) is 5.75 Å². The van der Waals surface area contributed by atoms with E-state index < -0.39 is 0 Å². The summed E-state index contributed by atoms with van der Waals surface area (Å²) >= 11 is 9.69. The fraction of sp³-hybridized carbons (Fsp3) is 0.462. The van der Waals surface area contributed by atoms with Gasteiger partial charge in [0.15, 0.2) is 0 Å². The van der Waals surface area contributed by atoms with Gasteiger partial charge in [0, 0.05) is 15.4 Å². The van der Waals surface area contributed by atoms with E-state index in [0.29, 0.717) is 12.5 Å². The van der Waals surface area contributed by atoms with Gasteiger partial charge in [-0.1, -0.05) is 70.0 Å². The molecule has 0 saturated heterocycles. The Morgan fingerprint density at radius 2 is 1.52 bits per heavy atom. The first-order valence-electron chi connectivity index (χ1n) is 10.7. The predicted molar refractivity (Wildman–Crippen MR) is 135 cm³/mol. The quantitative estimate of drug-likeness (QED) is 0.287. The molecule has 3 heteroatoms. The first-order chi connectivity index (χ1) is 13.8. The van der Waals surface area contributed by atoms with Gasteiger partial charge in [-0.25, -0.2) is 0 Å². The second kappa shape index (κ2) is 11.8. The molecule has 158 valence electrons. The van der Waals surface area contributed by atoms with Crippen molar-refractivity contribution in [2.45, 2.75) is 60.3 Å². The SMILES string of the molecule is Cc1ccc(/C(S)=C(/S)c2cc(CCCC(C)C)ccc2OCCC(C)C)cc1. The zero-order chi connectivity index (χ0) is 21.4. The van der Waals surface area contributed by atoms with Crippen LogP contribution in [0.2, 0.25) is 0 Å². The summed E-state index contributed by atoms with van der Waals surface area (Å²) in [5.74, 6) is 2.24. The van der Waals surface area contributed by atoms with Crippen LogP contribution >= 0.6 is 25.3 Å². The molecule has 0 atom stereocenters. The lowest BCUT2D eigenvalue weighted by atomic mass is 10.00. The number of hydrogen-bond donors (Lipinski definition) is 2. The lowest BCUT2D eigenvalue weighted by Gasteiger charge is -2.16. The van der Waals surface area contributed by atoms with Gasteiger partial charge in [0.25, 0.3) is 0 Å². The summed E-state index contributed by atoms with van der Waals surface area (Å²) in [5.41, 5.74) is 4.67. The van der Waals surface area contributed by atoms with Gasteiger partial charge in [-0.15, -0.1) is 25.3 Å². The molecule has 0 saturated carbocycles. The first-order valence-corrected chi connectivity index (χ1v) is 11.6. The normalized spacial score (nSPS) is 12.4. The Labute approximate surface area is 188 Å². The van der Waals surface area contributed by atoms with Crippen molar-refractivity contribution in [3.63, 3.8) is 0 Å². The molecule has 29 heavy (non-hydrogen) atoms. The Bertz CT molecular complexity index is 804. The largest absolute Gasteiger partial charge is 0.493 e. The van der Waals surface area contributed by atoms with Crippen LogP contribution in [0, 0.1) is 18.8 Å². The maximum Gasteiger partial charge on any atom is 0.127 e. The highest BCUT2D eigenvalue weighted by Gasteiger charge is 2.13. The van der Waals surface area contributed by atoms with Crippen LogP contribution in [-0.4, -0.2) is 6.61 Å². The Balaban J connectivity index is 2.34. The van der Waals surface area contributed by atoms with Gasteiger partial charge in [0.1, 0.15) is 5.75 Å². The molecule has 2 aromatic rings. The van der Waals surface area contributed by atoms with Crippen LogP contribution in [0.4, 0.5) is 0 Å². The highest BCUT2D eigenvalue weighted by Crippen LogP contribution is 2.37. The second-order valence-electron chi connectivity index (χ2n) is 8.71.